The summed E-state index contributed by atoms with van der Waals surface area (Å²) in [6.07, 6.45) is 1.19. The van der Waals surface area contributed by atoms with E-state index in [-0.39, 0.29) is 0 Å². The number of likely N-dealkylation sites (tertiary alicyclic amines) is 1. The second-order valence-corrected chi connectivity index (χ2v) is 5.17. The highest BCUT2D eigenvalue weighted by molar-refractivity contribution is 5.34. The molecule has 2 N–H and O–H groups in total. The summed E-state index contributed by atoms with van der Waals surface area (Å²) in [4.78, 5) is 2.43. The molecule has 4 nitrogen and oxygen atoms in total. The van der Waals surface area contributed by atoms with Crippen LogP contribution in [0.5, 0.6) is 5.75 Å². The number of nitrogens with zero attached hydrogens (tertiary/aromatic N) is 2. The van der Waals surface area contributed by atoms with Gasteiger partial charge < -0.3 is 10.5 Å². The van der Waals surface area contributed by atoms with Crippen LogP contribution in [0.1, 0.15) is 18.9 Å². The average molecular weight is 259 g/mol. The maximum absolute atomic E-state index is 8.72. The van der Waals surface area contributed by atoms with Gasteiger partial charge in [0.05, 0.1) is 11.6 Å². The van der Waals surface area contributed by atoms with Crippen molar-refractivity contribution in [3.05, 3.63) is 29.8 Å². The van der Waals surface area contributed by atoms with Crippen molar-refractivity contribution in [1.29, 1.82) is 5.26 Å². The van der Waals surface area contributed by atoms with Gasteiger partial charge in [0.1, 0.15) is 12.4 Å². The average Bonchev–Trinajstić information content (AvgIpc) is 2.80. The Morgan fingerprint density at radius 1 is 1.42 bits per heavy atom. The Balaban J connectivity index is 1.76. The first-order valence-corrected chi connectivity index (χ1v) is 6.80. The largest absolute Gasteiger partial charge is 0.492 e. The van der Waals surface area contributed by atoms with E-state index >= 15 is 0 Å². The minimum absolute atomic E-state index is 0.595. The van der Waals surface area contributed by atoms with Crippen molar-refractivity contribution in [2.24, 2.45) is 11.7 Å². The Kier molecular flexibility index (Phi) is 4.78. The molecule has 2 unspecified atom stereocenters. The Bertz CT molecular complexity index is 438. The van der Waals surface area contributed by atoms with Crippen molar-refractivity contribution in [3.63, 3.8) is 0 Å². The van der Waals surface area contributed by atoms with E-state index in [2.05, 4.69) is 17.9 Å². The molecule has 0 saturated carbocycles. The van der Waals surface area contributed by atoms with Gasteiger partial charge in [-0.1, -0.05) is 0 Å². The molecule has 0 aromatic heterocycles. The molecule has 0 amide bonds. The Morgan fingerprint density at radius 2 is 2.16 bits per heavy atom. The summed E-state index contributed by atoms with van der Waals surface area (Å²) < 4.78 is 5.70. The van der Waals surface area contributed by atoms with Gasteiger partial charge in [0.15, 0.2) is 0 Å². The SMILES string of the molecule is CC1CC(CN)CN1CCOc1ccc(C#N)cc1. The smallest absolute Gasteiger partial charge is 0.119 e. The number of nitrogens with two attached hydrogens (primary N) is 1. The molecule has 0 spiro atoms. The van der Waals surface area contributed by atoms with Crippen LogP contribution in [0.3, 0.4) is 0 Å². The topological polar surface area (TPSA) is 62.3 Å². The third-order valence-electron chi connectivity index (χ3n) is 3.75. The molecular formula is C15H21N3O. The van der Waals surface area contributed by atoms with Gasteiger partial charge in [0, 0.05) is 19.1 Å². The van der Waals surface area contributed by atoms with E-state index in [0.29, 0.717) is 24.1 Å². The van der Waals surface area contributed by atoms with E-state index < -0.39 is 0 Å². The lowest BCUT2D eigenvalue weighted by atomic mass is 10.1. The third-order valence-corrected chi connectivity index (χ3v) is 3.75. The number of nitriles is 1. The van der Waals surface area contributed by atoms with Crippen molar-refractivity contribution in [1.82, 2.24) is 4.90 Å². The van der Waals surface area contributed by atoms with Gasteiger partial charge in [-0.3, -0.25) is 4.90 Å². The molecular weight excluding hydrogens is 238 g/mol. The lowest BCUT2D eigenvalue weighted by molar-refractivity contribution is 0.202. The van der Waals surface area contributed by atoms with Crippen LogP contribution in [0.15, 0.2) is 24.3 Å². The van der Waals surface area contributed by atoms with Crippen molar-refractivity contribution < 1.29 is 4.74 Å². The summed E-state index contributed by atoms with van der Waals surface area (Å²) >= 11 is 0. The van der Waals surface area contributed by atoms with Crippen LogP contribution in [-0.2, 0) is 0 Å². The summed E-state index contributed by atoms with van der Waals surface area (Å²) in [5, 5.41) is 8.72. The van der Waals surface area contributed by atoms with Crippen LogP contribution in [0.25, 0.3) is 0 Å². The molecule has 19 heavy (non-hydrogen) atoms. The quantitative estimate of drug-likeness (QED) is 0.872. The Hall–Kier alpha value is -1.57. The Morgan fingerprint density at radius 3 is 2.74 bits per heavy atom. The van der Waals surface area contributed by atoms with E-state index in [1.54, 1.807) is 12.1 Å². The first-order chi connectivity index (χ1) is 9.22. The van der Waals surface area contributed by atoms with Gasteiger partial charge in [-0.25, -0.2) is 0 Å². The monoisotopic (exact) mass is 259 g/mol. The van der Waals surface area contributed by atoms with Crippen LogP contribution in [-0.4, -0.2) is 37.2 Å². The van der Waals surface area contributed by atoms with Crippen molar-refractivity contribution in [3.8, 4) is 11.8 Å². The fourth-order valence-corrected chi connectivity index (χ4v) is 2.61. The third kappa shape index (κ3) is 3.69. The summed E-state index contributed by atoms with van der Waals surface area (Å²) in [6.45, 7) is 5.70. The molecule has 102 valence electrons. The van der Waals surface area contributed by atoms with Crippen LogP contribution in [0.4, 0.5) is 0 Å². The maximum atomic E-state index is 8.72. The second kappa shape index (κ2) is 6.55. The Labute approximate surface area is 114 Å². The molecule has 0 bridgehead atoms. The van der Waals surface area contributed by atoms with Crippen molar-refractivity contribution in [2.45, 2.75) is 19.4 Å². The number of benzene rings is 1. The zero-order chi connectivity index (χ0) is 13.7. The van der Waals surface area contributed by atoms with Gasteiger partial charge in [-0.05, 0) is 50.1 Å². The first kappa shape index (κ1) is 13.9. The molecule has 1 heterocycles. The fraction of sp³-hybridized carbons (Fsp3) is 0.533. The minimum Gasteiger partial charge on any atom is -0.492 e. The van der Waals surface area contributed by atoms with Crippen LogP contribution in [0, 0.1) is 17.2 Å². The van der Waals surface area contributed by atoms with Gasteiger partial charge in [0.2, 0.25) is 0 Å². The molecule has 0 radical (unpaired) electrons. The highest BCUT2D eigenvalue weighted by Crippen LogP contribution is 2.21. The number of ether oxygens (including phenoxy) is 1. The maximum Gasteiger partial charge on any atom is 0.119 e. The zero-order valence-corrected chi connectivity index (χ0v) is 11.4. The normalized spacial score (nSPS) is 23.2. The number of rotatable bonds is 5. The van der Waals surface area contributed by atoms with Crippen LogP contribution in [0.2, 0.25) is 0 Å². The molecule has 1 aliphatic rings. The van der Waals surface area contributed by atoms with Crippen LogP contribution < -0.4 is 10.5 Å². The van der Waals surface area contributed by atoms with Gasteiger partial charge >= 0.3 is 0 Å². The lowest BCUT2D eigenvalue weighted by Gasteiger charge is -2.20. The molecule has 2 atom stereocenters. The van der Waals surface area contributed by atoms with Crippen molar-refractivity contribution in [2.75, 3.05) is 26.2 Å². The van der Waals surface area contributed by atoms with E-state index in [1.165, 1.54) is 6.42 Å². The summed E-state index contributed by atoms with van der Waals surface area (Å²) in [5.41, 5.74) is 6.38. The van der Waals surface area contributed by atoms with E-state index in [9.17, 15) is 0 Å². The summed E-state index contributed by atoms with van der Waals surface area (Å²) in [7, 11) is 0. The molecule has 4 heteroatoms. The van der Waals surface area contributed by atoms with E-state index in [0.717, 1.165) is 25.4 Å². The summed E-state index contributed by atoms with van der Waals surface area (Å²) in [5.74, 6) is 1.45. The van der Waals surface area contributed by atoms with Gasteiger partial charge in [-0.2, -0.15) is 5.26 Å². The molecule has 1 fully saturated rings. The highest BCUT2D eigenvalue weighted by atomic mass is 16.5. The molecule has 0 aliphatic carbocycles. The van der Waals surface area contributed by atoms with Crippen LogP contribution >= 0.6 is 0 Å². The van der Waals surface area contributed by atoms with Gasteiger partial charge in [0.25, 0.3) is 0 Å². The predicted octanol–water partition coefficient (Wildman–Crippen LogP) is 1.61. The van der Waals surface area contributed by atoms with Gasteiger partial charge in [-0.15, -0.1) is 0 Å². The van der Waals surface area contributed by atoms with E-state index in [4.69, 9.17) is 15.7 Å². The fourth-order valence-electron chi connectivity index (χ4n) is 2.61. The molecule has 1 aromatic carbocycles. The molecule has 1 saturated heterocycles. The molecule has 2 rings (SSSR count). The number of hydrogen-bond donors (Lipinski definition) is 1. The predicted molar refractivity (Wildman–Crippen MR) is 74.8 cm³/mol. The second-order valence-electron chi connectivity index (χ2n) is 5.17. The van der Waals surface area contributed by atoms with E-state index in [1.807, 2.05) is 12.1 Å². The highest BCUT2D eigenvalue weighted by Gasteiger charge is 2.27. The summed E-state index contributed by atoms with van der Waals surface area (Å²) in [6, 6.07) is 9.93. The molecule has 1 aromatic rings. The minimum atomic E-state index is 0.595. The zero-order valence-electron chi connectivity index (χ0n) is 11.4. The van der Waals surface area contributed by atoms with Crippen molar-refractivity contribution >= 4 is 0 Å². The standard InChI is InChI=1S/C15H21N3O/c1-12-8-14(10-17)11-18(12)6-7-19-15-4-2-13(9-16)3-5-15/h2-5,12,14H,6-8,10-11,17H2,1H3. The lowest BCUT2D eigenvalue weighted by Crippen LogP contribution is -2.32. The molecule has 1 aliphatic heterocycles. The number of hydrogen-bond acceptors (Lipinski definition) is 4. The first-order valence-electron chi connectivity index (χ1n) is 6.80.